The first-order chi connectivity index (χ1) is 23.5. The van der Waals surface area contributed by atoms with Crippen molar-refractivity contribution in [3.63, 3.8) is 0 Å². The van der Waals surface area contributed by atoms with E-state index in [2.05, 4.69) is 106 Å². The Labute approximate surface area is 279 Å². The molecule has 0 spiro atoms. The summed E-state index contributed by atoms with van der Waals surface area (Å²) in [5.41, 5.74) is 7.64. The van der Waals surface area contributed by atoms with Gasteiger partial charge in [-0.05, 0) is 50.5 Å². The Morgan fingerprint density at radius 1 is 0.417 bits per heavy atom. The molecule has 0 radical (unpaired) electrons. The van der Waals surface area contributed by atoms with Gasteiger partial charge in [-0.2, -0.15) is 0 Å². The lowest BCUT2D eigenvalue weighted by atomic mass is 10.1. The van der Waals surface area contributed by atoms with Crippen molar-refractivity contribution >= 4 is 43.6 Å². The Balaban J connectivity index is 0.995. The highest BCUT2D eigenvalue weighted by atomic mass is 16.3. The number of para-hydroxylation sites is 6. The number of fused-ring (bicyclic) bond motifs is 6. The van der Waals surface area contributed by atoms with Gasteiger partial charge in [-0.3, -0.25) is 0 Å². The van der Waals surface area contributed by atoms with E-state index >= 15 is 0 Å². The Hall–Kier alpha value is -5.56. The molecule has 0 unspecified atom stereocenters. The average molecular weight is 631 g/mol. The molecule has 0 aliphatic carbocycles. The number of likely N-dealkylation sites (N-methyl/N-ethyl adjacent to an activating group) is 2. The molecule has 238 valence electrons. The highest BCUT2D eigenvalue weighted by molar-refractivity contribution is 6.10. The molecule has 0 saturated heterocycles. The van der Waals surface area contributed by atoms with Gasteiger partial charge in [0.25, 0.3) is 0 Å². The number of nitrogens with zero attached hydrogens (tertiary/aromatic N) is 4. The second-order valence-corrected chi connectivity index (χ2v) is 12.8. The third-order valence-electron chi connectivity index (χ3n) is 9.58. The van der Waals surface area contributed by atoms with Crippen LogP contribution in [-0.4, -0.2) is 56.3 Å². The first-order valence-electron chi connectivity index (χ1n) is 16.5. The second kappa shape index (κ2) is 12.2. The van der Waals surface area contributed by atoms with E-state index in [0.29, 0.717) is 24.6 Å². The van der Waals surface area contributed by atoms with E-state index in [4.69, 9.17) is 0 Å². The van der Waals surface area contributed by atoms with Gasteiger partial charge in [-0.15, -0.1) is 0 Å². The number of benzene rings is 6. The van der Waals surface area contributed by atoms with Gasteiger partial charge in [0.1, 0.15) is 11.5 Å². The number of hydrogen-bond donors (Lipinski definition) is 2. The number of phenols is 2. The van der Waals surface area contributed by atoms with Crippen LogP contribution in [0.5, 0.6) is 11.5 Å². The van der Waals surface area contributed by atoms with E-state index in [9.17, 15) is 10.2 Å². The molecule has 0 aliphatic heterocycles. The van der Waals surface area contributed by atoms with Gasteiger partial charge in [-0.25, -0.2) is 0 Å². The van der Waals surface area contributed by atoms with Crippen molar-refractivity contribution in [2.75, 3.05) is 27.2 Å². The zero-order chi connectivity index (χ0) is 32.8. The highest BCUT2D eigenvalue weighted by Crippen LogP contribution is 2.38. The van der Waals surface area contributed by atoms with Gasteiger partial charge < -0.3 is 29.1 Å². The summed E-state index contributed by atoms with van der Waals surface area (Å²) in [5, 5.41) is 27.8. The molecule has 6 nitrogen and oxygen atoms in total. The third kappa shape index (κ3) is 5.07. The number of aromatic nitrogens is 2. The van der Waals surface area contributed by atoms with E-state index in [-0.39, 0.29) is 0 Å². The van der Waals surface area contributed by atoms with Gasteiger partial charge in [0, 0.05) is 58.9 Å². The van der Waals surface area contributed by atoms with Crippen LogP contribution in [-0.2, 0) is 13.1 Å². The molecule has 0 bridgehead atoms. The molecule has 8 aromatic rings. The Bertz CT molecular complexity index is 2160. The minimum absolute atomic E-state index is 0.302. The lowest BCUT2D eigenvalue weighted by Gasteiger charge is -2.23. The summed E-state index contributed by atoms with van der Waals surface area (Å²) in [5.74, 6) is 0.604. The average Bonchev–Trinajstić information content (AvgIpc) is 3.62. The largest absolute Gasteiger partial charge is 0.505 e. The zero-order valence-electron chi connectivity index (χ0n) is 27.2. The van der Waals surface area contributed by atoms with Crippen molar-refractivity contribution in [3.8, 4) is 22.9 Å². The minimum Gasteiger partial charge on any atom is -0.505 e. The summed E-state index contributed by atoms with van der Waals surface area (Å²) in [4.78, 5) is 4.46. The molecular weight excluding hydrogens is 592 g/mol. The van der Waals surface area contributed by atoms with Crippen LogP contribution in [0.4, 0.5) is 0 Å². The standard InChI is InChI=1S/C42H38N4O2/c1-43(27-29-13-11-23-39(41(29)47)45-35-19-7-3-15-31(35)32-16-4-8-20-36(32)45)25-26-44(2)28-30-14-12-24-40(42(30)48)46-37-21-9-5-17-33(37)34-18-6-10-22-38(34)46/h3-24,47-48H,25-28H2,1-2H3. The van der Waals surface area contributed by atoms with E-state index in [1.165, 1.54) is 21.5 Å². The quantitative estimate of drug-likeness (QED) is 0.167. The number of aromatic hydroxyl groups is 2. The van der Waals surface area contributed by atoms with Gasteiger partial charge in [0.05, 0.1) is 33.4 Å². The van der Waals surface area contributed by atoms with E-state index < -0.39 is 0 Å². The van der Waals surface area contributed by atoms with Crippen LogP contribution in [0.25, 0.3) is 55.0 Å². The normalized spacial score (nSPS) is 12.0. The molecule has 0 aliphatic rings. The van der Waals surface area contributed by atoms with Crippen LogP contribution in [0.1, 0.15) is 11.1 Å². The Morgan fingerprint density at radius 3 is 1.06 bits per heavy atom. The maximum absolute atomic E-state index is 11.6. The second-order valence-electron chi connectivity index (χ2n) is 12.8. The first kappa shape index (κ1) is 29.8. The first-order valence-corrected chi connectivity index (χ1v) is 16.5. The molecule has 0 fully saturated rings. The van der Waals surface area contributed by atoms with Crippen LogP contribution in [0.15, 0.2) is 133 Å². The topological polar surface area (TPSA) is 56.8 Å². The van der Waals surface area contributed by atoms with Gasteiger partial charge >= 0.3 is 0 Å². The summed E-state index contributed by atoms with van der Waals surface area (Å²) >= 11 is 0. The third-order valence-corrected chi connectivity index (χ3v) is 9.58. The molecule has 0 saturated carbocycles. The fourth-order valence-corrected chi connectivity index (χ4v) is 7.22. The lowest BCUT2D eigenvalue weighted by Crippen LogP contribution is -2.30. The summed E-state index contributed by atoms with van der Waals surface area (Å²) in [6.45, 7) is 2.81. The Morgan fingerprint density at radius 2 is 0.729 bits per heavy atom. The molecule has 8 rings (SSSR count). The summed E-state index contributed by atoms with van der Waals surface area (Å²) in [6.07, 6.45) is 0. The van der Waals surface area contributed by atoms with Crippen molar-refractivity contribution in [1.82, 2.24) is 18.9 Å². The van der Waals surface area contributed by atoms with Gasteiger partial charge in [0.2, 0.25) is 0 Å². The fourth-order valence-electron chi connectivity index (χ4n) is 7.22. The van der Waals surface area contributed by atoms with E-state index in [1.807, 2.05) is 60.7 Å². The summed E-state index contributed by atoms with van der Waals surface area (Å²) in [7, 11) is 4.17. The molecule has 2 heterocycles. The van der Waals surface area contributed by atoms with Crippen LogP contribution in [0, 0.1) is 0 Å². The SMILES string of the molecule is CN(CCN(C)Cc1cccc(-n2c3ccccc3c3ccccc32)c1O)Cc1cccc(-n2c3ccccc3c3ccccc32)c1O. The summed E-state index contributed by atoms with van der Waals surface area (Å²) in [6, 6.07) is 45.5. The van der Waals surface area contributed by atoms with E-state index in [1.54, 1.807) is 0 Å². The van der Waals surface area contributed by atoms with Crippen molar-refractivity contribution in [2.45, 2.75) is 13.1 Å². The molecule has 0 amide bonds. The maximum atomic E-state index is 11.6. The fraction of sp³-hybridized carbons (Fsp3) is 0.143. The van der Waals surface area contributed by atoms with Crippen LogP contribution in [0.2, 0.25) is 0 Å². The predicted molar refractivity (Wildman–Crippen MR) is 198 cm³/mol. The molecule has 2 aromatic heterocycles. The zero-order valence-corrected chi connectivity index (χ0v) is 27.2. The number of phenolic OH excluding ortho intramolecular Hbond substituents is 2. The van der Waals surface area contributed by atoms with Gasteiger partial charge in [-0.1, -0.05) is 97.1 Å². The number of rotatable bonds is 9. The minimum atomic E-state index is 0.302. The van der Waals surface area contributed by atoms with Gasteiger partial charge in [0.15, 0.2) is 0 Å². The predicted octanol–water partition coefficient (Wildman–Crippen LogP) is 8.86. The van der Waals surface area contributed by atoms with Crippen LogP contribution < -0.4 is 0 Å². The van der Waals surface area contributed by atoms with Crippen molar-refractivity contribution in [2.24, 2.45) is 0 Å². The molecular formula is C42H38N4O2. The van der Waals surface area contributed by atoms with Crippen molar-refractivity contribution in [1.29, 1.82) is 0 Å². The highest BCUT2D eigenvalue weighted by Gasteiger charge is 2.19. The Kier molecular flexibility index (Phi) is 7.60. The smallest absolute Gasteiger partial charge is 0.144 e. The van der Waals surface area contributed by atoms with Crippen molar-refractivity contribution in [3.05, 3.63) is 145 Å². The molecule has 6 heteroatoms. The summed E-state index contributed by atoms with van der Waals surface area (Å²) < 4.78 is 4.33. The number of hydrogen-bond acceptors (Lipinski definition) is 4. The molecule has 0 atom stereocenters. The monoisotopic (exact) mass is 630 g/mol. The van der Waals surface area contributed by atoms with E-state index in [0.717, 1.165) is 57.7 Å². The maximum Gasteiger partial charge on any atom is 0.144 e. The molecule has 6 aromatic carbocycles. The van der Waals surface area contributed by atoms with Crippen molar-refractivity contribution < 1.29 is 10.2 Å². The van der Waals surface area contributed by atoms with Crippen LogP contribution in [0.3, 0.4) is 0 Å². The molecule has 2 N–H and O–H groups in total. The molecule has 48 heavy (non-hydrogen) atoms. The lowest BCUT2D eigenvalue weighted by molar-refractivity contribution is 0.243. The van der Waals surface area contributed by atoms with Crippen LogP contribution >= 0.6 is 0 Å².